The summed E-state index contributed by atoms with van der Waals surface area (Å²) in [6.07, 6.45) is 0.703. The Hall–Kier alpha value is -3.14. The zero-order valence-corrected chi connectivity index (χ0v) is 18.2. The van der Waals surface area contributed by atoms with Gasteiger partial charge in [0.2, 0.25) is 0 Å². The quantitative estimate of drug-likeness (QED) is 0.650. The Labute approximate surface area is 189 Å². The van der Waals surface area contributed by atoms with Gasteiger partial charge in [0, 0.05) is 36.1 Å². The average Bonchev–Trinajstić information content (AvgIpc) is 3.07. The molecule has 2 aliphatic heterocycles. The Bertz CT molecular complexity index is 1160. The maximum absolute atomic E-state index is 13.3. The van der Waals surface area contributed by atoms with Gasteiger partial charge in [-0.1, -0.05) is 26.0 Å². The summed E-state index contributed by atoms with van der Waals surface area (Å²) >= 11 is 0. The number of fused-ring (bicyclic) bond motifs is 2. The topological polar surface area (TPSA) is 84.5 Å². The van der Waals surface area contributed by atoms with Gasteiger partial charge in [-0.2, -0.15) is 0 Å². The number of carbonyl (C=O) groups is 1. The van der Waals surface area contributed by atoms with Crippen LogP contribution < -0.4 is 16.0 Å². The van der Waals surface area contributed by atoms with E-state index in [0.717, 1.165) is 18.7 Å². The van der Waals surface area contributed by atoms with Crippen LogP contribution in [0.3, 0.4) is 0 Å². The van der Waals surface area contributed by atoms with E-state index in [2.05, 4.69) is 50.3 Å². The number of ether oxygens (including phenoxy) is 2. The number of pyridine rings is 1. The van der Waals surface area contributed by atoms with Gasteiger partial charge in [-0.05, 0) is 47.5 Å². The number of halogens is 2. The zero-order chi connectivity index (χ0) is 23.2. The van der Waals surface area contributed by atoms with Crippen LogP contribution in [-0.2, 0) is 21.4 Å². The number of carbonyl (C=O) groups excluding carboxylic acids is 1. The van der Waals surface area contributed by atoms with Crippen LogP contribution >= 0.6 is 0 Å². The van der Waals surface area contributed by atoms with Gasteiger partial charge in [0.15, 0.2) is 0 Å². The van der Waals surface area contributed by atoms with Gasteiger partial charge in [-0.15, -0.1) is 8.78 Å². The van der Waals surface area contributed by atoms with Gasteiger partial charge < -0.3 is 16.0 Å². The molecule has 0 saturated carbocycles. The molecule has 1 aromatic carbocycles. The lowest BCUT2D eigenvalue weighted by Gasteiger charge is -2.33. The van der Waals surface area contributed by atoms with Crippen molar-refractivity contribution in [3.05, 3.63) is 77.1 Å². The number of rotatable bonds is 4. The number of hydrogen-bond donors (Lipinski definition) is 3. The summed E-state index contributed by atoms with van der Waals surface area (Å²) in [6.45, 7) is 6.02. The van der Waals surface area contributed by atoms with Gasteiger partial charge in [0.05, 0.1) is 5.56 Å². The minimum atomic E-state index is -3.62. The van der Waals surface area contributed by atoms with E-state index in [-0.39, 0.29) is 11.3 Å². The fourth-order valence-corrected chi connectivity index (χ4v) is 4.38. The van der Waals surface area contributed by atoms with Crippen LogP contribution in [0.5, 0.6) is 0 Å². The highest BCUT2D eigenvalue weighted by Crippen LogP contribution is 2.35. The monoisotopic (exact) mass is 454 g/mol. The SMILES string of the molecule is CC1(C)CNCc2cc(NC(=O)c3cccnc3NC3=CC4OC(F)(F)OC4C=C3)ccc21. The fraction of sp³-hybridized carbons (Fsp3) is 0.333. The summed E-state index contributed by atoms with van der Waals surface area (Å²) in [6, 6.07) is 9.25. The lowest BCUT2D eigenvalue weighted by molar-refractivity contribution is -0.347. The van der Waals surface area contributed by atoms with E-state index >= 15 is 0 Å². The van der Waals surface area contributed by atoms with E-state index in [4.69, 9.17) is 0 Å². The molecule has 5 rings (SSSR count). The summed E-state index contributed by atoms with van der Waals surface area (Å²) in [5.74, 6) is -0.0328. The van der Waals surface area contributed by atoms with Crippen molar-refractivity contribution in [3.8, 4) is 0 Å². The second kappa shape index (κ2) is 8.02. The first-order chi connectivity index (χ1) is 15.7. The number of nitrogens with zero attached hydrogens (tertiary/aromatic N) is 1. The second-order valence-electron chi connectivity index (χ2n) is 8.95. The number of amides is 1. The second-order valence-corrected chi connectivity index (χ2v) is 8.95. The summed E-state index contributed by atoms with van der Waals surface area (Å²) in [7, 11) is 0. The van der Waals surface area contributed by atoms with Crippen LogP contribution in [0.2, 0.25) is 0 Å². The molecule has 3 N–H and O–H groups in total. The molecule has 3 heterocycles. The van der Waals surface area contributed by atoms with Crippen LogP contribution in [-0.4, -0.2) is 35.9 Å². The molecule has 0 bridgehead atoms. The molecule has 1 fully saturated rings. The largest absolute Gasteiger partial charge is 0.486 e. The summed E-state index contributed by atoms with van der Waals surface area (Å²) in [4.78, 5) is 17.3. The summed E-state index contributed by atoms with van der Waals surface area (Å²) in [5.41, 5.74) is 3.92. The highest BCUT2D eigenvalue weighted by Gasteiger charge is 2.48. The molecule has 1 aliphatic carbocycles. The van der Waals surface area contributed by atoms with Crippen LogP contribution in [0.15, 0.2) is 60.5 Å². The Balaban J connectivity index is 1.33. The van der Waals surface area contributed by atoms with Gasteiger partial charge in [0.25, 0.3) is 5.91 Å². The molecule has 2 unspecified atom stereocenters. The molecule has 7 nitrogen and oxygen atoms in total. The lowest BCUT2D eigenvalue weighted by Crippen LogP contribution is -2.38. The predicted octanol–water partition coefficient (Wildman–Crippen LogP) is 3.91. The zero-order valence-electron chi connectivity index (χ0n) is 18.2. The van der Waals surface area contributed by atoms with E-state index < -0.39 is 18.5 Å². The van der Waals surface area contributed by atoms with Crippen molar-refractivity contribution in [2.75, 3.05) is 17.2 Å². The molecule has 0 spiro atoms. The third-order valence-corrected chi connectivity index (χ3v) is 5.97. The molecule has 0 radical (unpaired) electrons. The van der Waals surface area contributed by atoms with Crippen molar-refractivity contribution in [3.63, 3.8) is 0 Å². The molecule has 2 atom stereocenters. The number of anilines is 2. The van der Waals surface area contributed by atoms with Crippen LogP contribution in [0.25, 0.3) is 0 Å². The first kappa shape index (κ1) is 21.7. The van der Waals surface area contributed by atoms with Crippen molar-refractivity contribution in [1.29, 1.82) is 0 Å². The normalized spacial score (nSPS) is 24.4. The molecule has 1 saturated heterocycles. The molecule has 1 amide bonds. The number of aromatic nitrogens is 1. The maximum atomic E-state index is 13.3. The van der Waals surface area contributed by atoms with Crippen LogP contribution in [0, 0.1) is 0 Å². The smallest absolute Gasteiger partial charge is 0.340 e. The molecule has 9 heteroatoms. The van der Waals surface area contributed by atoms with Gasteiger partial charge in [-0.25, -0.2) is 4.98 Å². The highest BCUT2D eigenvalue weighted by molar-refractivity contribution is 6.07. The molecular weight excluding hydrogens is 430 g/mol. The molecule has 2 aromatic rings. The Morgan fingerprint density at radius 1 is 1.21 bits per heavy atom. The Morgan fingerprint density at radius 2 is 2.03 bits per heavy atom. The predicted molar refractivity (Wildman–Crippen MR) is 119 cm³/mol. The van der Waals surface area contributed by atoms with E-state index in [0.29, 0.717) is 22.8 Å². The van der Waals surface area contributed by atoms with E-state index in [9.17, 15) is 13.6 Å². The van der Waals surface area contributed by atoms with Crippen molar-refractivity contribution in [1.82, 2.24) is 10.3 Å². The third kappa shape index (κ3) is 4.39. The Morgan fingerprint density at radius 3 is 2.88 bits per heavy atom. The fourth-order valence-electron chi connectivity index (χ4n) is 4.38. The van der Waals surface area contributed by atoms with Crippen LogP contribution in [0.4, 0.5) is 20.3 Å². The molecule has 33 heavy (non-hydrogen) atoms. The summed E-state index contributed by atoms with van der Waals surface area (Å²) in [5, 5.41) is 9.37. The number of allylic oxidation sites excluding steroid dienone is 1. The van der Waals surface area contributed by atoms with Crippen molar-refractivity contribution >= 4 is 17.4 Å². The maximum Gasteiger partial charge on any atom is 0.486 e. The highest BCUT2D eigenvalue weighted by atomic mass is 19.3. The summed E-state index contributed by atoms with van der Waals surface area (Å²) < 4.78 is 35.8. The number of alkyl halides is 2. The standard InChI is InChI=1S/C24H24F2N4O3/c1-23(2)13-27-12-14-10-15(5-7-18(14)23)30-22(31)17-4-3-9-28-21(17)29-16-6-8-19-20(11-16)33-24(25,26)32-19/h3-11,19-20,27H,12-13H2,1-2H3,(H,28,29)(H,30,31). The molecular formula is C24H24F2N4O3. The Kier molecular flexibility index (Phi) is 5.27. The van der Waals surface area contributed by atoms with Gasteiger partial charge in [-0.3, -0.25) is 14.3 Å². The third-order valence-electron chi connectivity index (χ3n) is 5.97. The number of benzene rings is 1. The number of nitrogens with one attached hydrogen (secondary N) is 3. The van der Waals surface area contributed by atoms with Gasteiger partial charge in [0.1, 0.15) is 18.0 Å². The van der Waals surface area contributed by atoms with E-state index in [1.807, 2.05) is 12.1 Å². The van der Waals surface area contributed by atoms with Gasteiger partial charge >= 0.3 is 6.29 Å². The van der Waals surface area contributed by atoms with E-state index in [1.165, 1.54) is 17.7 Å². The number of hydrogen-bond acceptors (Lipinski definition) is 6. The molecule has 3 aliphatic rings. The minimum absolute atomic E-state index is 0.0227. The average molecular weight is 454 g/mol. The lowest BCUT2D eigenvalue weighted by atomic mass is 9.79. The van der Waals surface area contributed by atoms with Crippen molar-refractivity contribution < 1.29 is 23.0 Å². The van der Waals surface area contributed by atoms with Crippen molar-refractivity contribution in [2.24, 2.45) is 0 Å². The molecule has 172 valence electrons. The van der Waals surface area contributed by atoms with Crippen molar-refractivity contribution in [2.45, 2.75) is 44.3 Å². The van der Waals surface area contributed by atoms with Crippen LogP contribution in [0.1, 0.15) is 35.3 Å². The minimum Gasteiger partial charge on any atom is -0.340 e. The first-order valence-electron chi connectivity index (χ1n) is 10.7. The first-order valence-corrected chi connectivity index (χ1v) is 10.7. The van der Waals surface area contributed by atoms with E-state index in [1.54, 1.807) is 24.4 Å². The molecule has 1 aromatic heterocycles.